The lowest BCUT2D eigenvalue weighted by Gasteiger charge is -2.40. The molecule has 0 aromatic rings. The van der Waals surface area contributed by atoms with Crippen molar-refractivity contribution in [3.8, 4) is 0 Å². The Morgan fingerprint density at radius 1 is 1.47 bits per heavy atom. The van der Waals surface area contributed by atoms with Crippen molar-refractivity contribution in [2.45, 2.75) is 36.1 Å². The molecule has 1 unspecified atom stereocenters. The van der Waals surface area contributed by atoms with Gasteiger partial charge >= 0.3 is 0 Å². The van der Waals surface area contributed by atoms with Crippen molar-refractivity contribution < 1.29 is 24.8 Å². The lowest BCUT2D eigenvalue weighted by atomic mass is 9.97. The minimum absolute atomic E-state index is 0.401. The van der Waals surface area contributed by atoms with Gasteiger partial charge in [-0.05, 0) is 0 Å². The molecule has 2 aliphatic rings. The third kappa shape index (κ3) is 2.28. The number of thioether (sulfide) groups is 1. The molecule has 4 N–H and O–H groups in total. The lowest BCUT2D eigenvalue weighted by molar-refractivity contribution is -0.241. The number of hydrogen-bond donors (Lipinski definition) is 4. The van der Waals surface area contributed by atoms with E-state index in [1.807, 2.05) is 0 Å². The smallest absolute Gasteiger partial charge is 0.183 e. The third-order valence-electron chi connectivity index (χ3n) is 2.88. The normalized spacial score (nSPS) is 45.5. The second-order valence-electron chi connectivity index (χ2n) is 3.89. The predicted molar refractivity (Wildman–Crippen MR) is 61.6 cm³/mol. The summed E-state index contributed by atoms with van der Waals surface area (Å²) in [5, 5.41) is 32.9. The fourth-order valence-electron chi connectivity index (χ4n) is 1.92. The first kappa shape index (κ1) is 13.1. The van der Waals surface area contributed by atoms with Crippen LogP contribution in [-0.2, 0) is 9.47 Å². The Balaban J connectivity index is 2.13. The van der Waals surface area contributed by atoms with Crippen LogP contribution in [-0.4, -0.2) is 70.7 Å². The first-order valence-corrected chi connectivity index (χ1v) is 6.09. The molecule has 0 aromatic carbocycles. The van der Waals surface area contributed by atoms with Gasteiger partial charge in [-0.3, -0.25) is 4.99 Å². The van der Waals surface area contributed by atoms with Gasteiger partial charge in [0.15, 0.2) is 11.5 Å². The fourth-order valence-corrected chi connectivity index (χ4v) is 3.01. The third-order valence-corrected chi connectivity index (χ3v) is 4.04. The number of fused-ring (bicyclic) bond motifs is 1. The van der Waals surface area contributed by atoms with E-state index in [0.29, 0.717) is 5.17 Å². The number of rotatable bonds is 2. The van der Waals surface area contributed by atoms with E-state index in [9.17, 15) is 15.3 Å². The molecule has 6 atom stereocenters. The highest BCUT2D eigenvalue weighted by Crippen LogP contribution is 2.34. The average molecular weight is 264 g/mol. The minimum Gasteiger partial charge on any atom is -0.388 e. The van der Waals surface area contributed by atoms with Crippen molar-refractivity contribution in [3.05, 3.63) is 0 Å². The van der Waals surface area contributed by atoms with Gasteiger partial charge < -0.3 is 30.1 Å². The van der Waals surface area contributed by atoms with Crippen molar-refractivity contribution in [3.63, 3.8) is 0 Å². The van der Waals surface area contributed by atoms with E-state index in [2.05, 4.69) is 10.3 Å². The van der Waals surface area contributed by atoms with Crippen molar-refractivity contribution in [1.29, 1.82) is 0 Å². The zero-order chi connectivity index (χ0) is 12.6. The highest BCUT2D eigenvalue weighted by molar-refractivity contribution is 8.14. The van der Waals surface area contributed by atoms with E-state index in [0.717, 1.165) is 0 Å². The molecule has 8 heteroatoms. The van der Waals surface area contributed by atoms with Crippen LogP contribution in [0.1, 0.15) is 0 Å². The summed E-state index contributed by atoms with van der Waals surface area (Å²) in [7, 11) is 2.93. The number of nitrogens with one attached hydrogen (secondary N) is 1. The molecule has 0 bridgehead atoms. The van der Waals surface area contributed by atoms with Gasteiger partial charge in [0.2, 0.25) is 0 Å². The number of amidine groups is 1. The van der Waals surface area contributed by atoms with Gasteiger partial charge in [0, 0.05) is 14.2 Å². The number of ether oxygens (including phenoxy) is 2. The molecule has 2 saturated heterocycles. The number of aliphatic hydroxyl groups excluding tert-OH is 3. The highest BCUT2D eigenvalue weighted by atomic mass is 32.2. The SMILES string of the molecule is CN=C1N[C@@H]2[C@@H](O)[C@H](O)[C@@H](C(O)OC)O[C@@H]2S1. The monoisotopic (exact) mass is 264 g/mol. The van der Waals surface area contributed by atoms with Gasteiger partial charge in [-0.2, -0.15) is 0 Å². The fraction of sp³-hybridized carbons (Fsp3) is 0.889. The molecule has 2 aliphatic heterocycles. The molecule has 2 fully saturated rings. The predicted octanol–water partition coefficient (Wildman–Crippen LogP) is -1.91. The summed E-state index contributed by atoms with van der Waals surface area (Å²) >= 11 is 1.31. The maximum atomic E-state index is 9.95. The van der Waals surface area contributed by atoms with Gasteiger partial charge in [0.05, 0.1) is 6.04 Å². The molecule has 98 valence electrons. The largest absolute Gasteiger partial charge is 0.388 e. The molecule has 0 aliphatic carbocycles. The summed E-state index contributed by atoms with van der Waals surface area (Å²) in [6.07, 6.45) is -4.50. The van der Waals surface area contributed by atoms with Crippen LogP contribution in [0.5, 0.6) is 0 Å². The van der Waals surface area contributed by atoms with E-state index in [4.69, 9.17) is 9.47 Å². The molecule has 0 spiro atoms. The summed E-state index contributed by atoms with van der Waals surface area (Å²) < 4.78 is 10.2. The van der Waals surface area contributed by atoms with Crippen molar-refractivity contribution in [2.24, 2.45) is 4.99 Å². The van der Waals surface area contributed by atoms with E-state index >= 15 is 0 Å². The van der Waals surface area contributed by atoms with Gasteiger partial charge in [-0.1, -0.05) is 11.8 Å². The molecule has 0 radical (unpaired) electrons. The Morgan fingerprint density at radius 3 is 2.76 bits per heavy atom. The van der Waals surface area contributed by atoms with Crippen LogP contribution in [0.3, 0.4) is 0 Å². The standard InChI is InChI=1S/C9H16N2O5S/c1-10-9-11-3-4(12)5(13)6(7(14)15-2)16-8(3)17-9/h3-8,12-14H,1-2H3,(H,10,11)/t3-,4-,5+,6+,7?,8-/m1/s1. The Bertz CT molecular complexity index is 316. The zero-order valence-electron chi connectivity index (χ0n) is 9.48. The van der Waals surface area contributed by atoms with Crippen LogP contribution in [0.2, 0.25) is 0 Å². The number of aliphatic imine (C=N–C) groups is 1. The minimum atomic E-state index is -1.27. The van der Waals surface area contributed by atoms with Crippen LogP contribution >= 0.6 is 11.8 Å². The number of methoxy groups -OCH3 is 1. The lowest BCUT2D eigenvalue weighted by Crippen LogP contribution is -2.61. The van der Waals surface area contributed by atoms with Crippen LogP contribution in [0.25, 0.3) is 0 Å². The van der Waals surface area contributed by atoms with E-state index in [-0.39, 0.29) is 0 Å². The molecule has 0 saturated carbocycles. The highest BCUT2D eigenvalue weighted by Gasteiger charge is 2.50. The van der Waals surface area contributed by atoms with Gasteiger partial charge in [0.25, 0.3) is 0 Å². The van der Waals surface area contributed by atoms with Crippen LogP contribution < -0.4 is 5.32 Å². The quantitative estimate of drug-likeness (QED) is 0.431. The number of nitrogens with zero attached hydrogens (tertiary/aromatic N) is 1. The van der Waals surface area contributed by atoms with Crippen molar-refractivity contribution >= 4 is 16.9 Å². The Hall–Kier alpha value is -0.380. The summed E-state index contributed by atoms with van der Waals surface area (Å²) in [5.74, 6) is 0. The Kier molecular flexibility index (Phi) is 3.91. The zero-order valence-corrected chi connectivity index (χ0v) is 10.3. The number of aliphatic hydroxyl groups is 3. The molecule has 7 nitrogen and oxygen atoms in total. The molecule has 0 amide bonds. The first-order chi connectivity index (χ1) is 8.08. The van der Waals surface area contributed by atoms with Gasteiger partial charge in [0.1, 0.15) is 23.7 Å². The molecule has 17 heavy (non-hydrogen) atoms. The van der Waals surface area contributed by atoms with Crippen molar-refractivity contribution in [1.82, 2.24) is 5.32 Å². The summed E-state index contributed by atoms with van der Waals surface area (Å²) in [6.45, 7) is 0. The second-order valence-corrected chi connectivity index (χ2v) is 4.98. The van der Waals surface area contributed by atoms with Gasteiger partial charge in [-0.25, -0.2) is 0 Å². The second kappa shape index (κ2) is 5.09. The topological polar surface area (TPSA) is 104 Å². The molecular formula is C9H16N2O5S. The van der Waals surface area contributed by atoms with E-state index in [1.165, 1.54) is 18.9 Å². The number of hydrogen-bond acceptors (Lipinski definition) is 7. The Morgan fingerprint density at radius 2 is 2.18 bits per heavy atom. The molecule has 2 heterocycles. The molecule has 2 rings (SSSR count). The van der Waals surface area contributed by atoms with Gasteiger partial charge in [-0.15, -0.1) is 0 Å². The summed E-state index contributed by atoms with van der Waals surface area (Å²) in [4.78, 5) is 3.96. The first-order valence-electron chi connectivity index (χ1n) is 5.21. The summed E-state index contributed by atoms with van der Waals surface area (Å²) in [5.41, 5.74) is -0.401. The van der Waals surface area contributed by atoms with Crippen LogP contribution in [0.15, 0.2) is 4.99 Å². The van der Waals surface area contributed by atoms with E-state index in [1.54, 1.807) is 7.05 Å². The van der Waals surface area contributed by atoms with Crippen LogP contribution in [0.4, 0.5) is 0 Å². The maximum Gasteiger partial charge on any atom is 0.183 e. The maximum absolute atomic E-state index is 9.95. The molecular weight excluding hydrogens is 248 g/mol. The summed E-state index contributed by atoms with van der Waals surface area (Å²) in [6, 6.07) is -0.436. The van der Waals surface area contributed by atoms with E-state index < -0.39 is 36.1 Å². The molecule has 0 aromatic heterocycles. The Labute approximate surface area is 103 Å². The van der Waals surface area contributed by atoms with Crippen LogP contribution in [0, 0.1) is 0 Å². The van der Waals surface area contributed by atoms with Crippen molar-refractivity contribution in [2.75, 3.05) is 14.2 Å². The average Bonchev–Trinajstić information content (AvgIpc) is 2.76.